The highest BCUT2D eigenvalue weighted by molar-refractivity contribution is 5.51. The summed E-state index contributed by atoms with van der Waals surface area (Å²) in [5.41, 5.74) is 0.777. The molecular weight excluding hydrogens is 150 g/mol. The summed E-state index contributed by atoms with van der Waals surface area (Å²) in [6.07, 6.45) is 4.77. The Morgan fingerprint density at radius 1 is 1.67 bits per heavy atom. The number of allylic oxidation sites excluding steroid dienone is 1. The lowest BCUT2D eigenvalue weighted by atomic mass is 10.1. The number of rotatable bonds is 4. The fourth-order valence-electron chi connectivity index (χ4n) is 1.01. The number of hydrogen-bond donors (Lipinski definition) is 0. The maximum Gasteiger partial charge on any atom is 0.123 e. The molecule has 0 aliphatic heterocycles. The van der Waals surface area contributed by atoms with E-state index in [2.05, 4.69) is 11.8 Å². The van der Waals surface area contributed by atoms with Gasteiger partial charge in [0.05, 0.1) is 0 Å². The highest BCUT2D eigenvalue weighted by atomic mass is 16.1. The van der Waals surface area contributed by atoms with Gasteiger partial charge in [0, 0.05) is 18.7 Å². The summed E-state index contributed by atoms with van der Waals surface area (Å²) in [7, 11) is 2.00. The molecule has 0 radical (unpaired) electrons. The third kappa shape index (κ3) is 3.99. The Balaban J connectivity index is 4.03. The van der Waals surface area contributed by atoms with Crippen molar-refractivity contribution in [3.63, 3.8) is 0 Å². The minimum Gasteiger partial charge on any atom is -0.378 e. The van der Waals surface area contributed by atoms with Crippen LogP contribution in [-0.4, -0.2) is 23.9 Å². The summed E-state index contributed by atoms with van der Waals surface area (Å²) in [6, 6.07) is 0.364. The largest absolute Gasteiger partial charge is 0.378 e. The molecule has 0 aromatic heterocycles. The highest BCUT2D eigenvalue weighted by Crippen LogP contribution is 2.06. The van der Waals surface area contributed by atoms with Crippen LogP contribution in [0.1, 0.15) is 27.2 Å². The quantitative estimate of drug-likeness (QED) is 0.597. The van der Waals surface area contributed by atoms with Crippen LogP contribution in [0.25, 0.3) is 0 Å². The van der Waals surface area contributed by atoms with Crippen molar-refractivity contribution in [2.24, 2.45) is 0 Å². The molecule has 12 heavy (non-hydrogen) atoms. The highest BCUT2D eigenvalue weighted by Gasteiger charge is 2.05. The first-order valence-corrected chi connectivity index (χ1v) is 4.17. The van der Waals surface area contributed by atoms with E-state index in [0.29, 0.717) is 6.04 Å². The van der Waals surface area contributed by atoms with E-state index >= 15 is 0 Å². The van der Waals surface area contributed by atoms with E-state index < -0.39 is 0 Å². The molecule has 68 valence electrons. The molecule has 0 aromatic carbocycles. The fourth-order valence-corrected chi connectivity index (χ4v) is 1.01. The van der Waals surface area contributed by atoms with Gasteiger partial charge in [0.1, 0.15) is 5.94 Å². The van der Waals surface area contributed by atoms with Crippen LogP contribution < -0.4 is 0 Å². The summed E-state index contributed by atoms with van der Waals surface area (Å²) < 4.78 is 0. The van der Waals surface area contributed by atoms with Crippen molar-refractivity contribution in [1.82, 2.24) is 4.90 Å². The zero-order valence-electron chi connectivity index (χ0n) is 8.29. The van der Waals surface area contributed by atoms with Crippen LogP contribution in [0.2, 0.25) is 0 Å². The molecule has 0 rings (SSSR count). The van der Waals surface area contributed by atoms with Crippen LogP contribution in [0.4, 0.5) is 0 Å². The predicted molar refractivity (Wildman–Crippen MR) is 51.5 cm³/mol. The lowest BCUT2D eigenvalue weighted by Crippen LogP contribution is -2.23. The van der Waals surface area contributed by atoms with Crippen LogP contribution in [0.15, 0.2) is 17.8 Å². The van der Waals surface area contributed by atoms with Crippen molar-refractivity contribution in [2.45, 2.75) is 33.2 Å². The van der Waals surface area contributed by atoms with Gasteiger partial charge in [-0.15, -0.1) is 0 Å². The van der Waals surface area contributed by atoms with E-state index in [1.807, 2.05) is 39.1 Å². The van der Waals surface area contributed by atoms with Gasteiger partial charge in [0.2, 0.25) is 0 Å². The van der Waals surface area contributed by atoms with Crippen LogP contribution in [0.5, 0.6) is 0 Å². The Labute approximate surface area is 74.6 Å². The normalized spacial score (nSPS) is 12.7. The van der Waals surface area contributed by atoms with Crippen molar-refractivity contribution in [3.8, 4) is 0 Å². The van der Waals surface area contributed by atoms with Gasteiger partial charge in [-0.2, -0.15) is 0 Å². The average molecular weight is 167 g/mol. The molecule has 0 aromatic rings. The SMILES string of the molecule is CC=CN(C)C(C)CC(C)=C=O. The van der Waals surface area contributed by atoms with E-state index in [1.54, 1.807) is 0 Å². The molecule has 0 heterocycles. The Bertz CT molecular complexity index is 202. The van der Waals surface area contributed by atoms with Crippen molar-refractivity contribution in [3.05, 3.63) is 17.8 Å². The minimum absolute atomic E-state index is 0.364. The number of carbonyl (C=O) groups excluding carboxylic acids is 1. The molecule has 0 aliphatic rings. The summed E-state index contributed by atoms with van der Waals surface area (Å²) in [6.45, 7) is 5.87. The second-order valence-corrected chi connectivity index (χ2v) is 3.08. The van der Waals surface area contributed by atoms with Crippen molar-refractivity contribution in [1.29, 1.82) is 0 Å². The minimum atomic E-state index is 0.364. The zero-order chi connectivity index (χ0) is 9.56. The maximum atomic E-state index is 10.2. The van der Waals surface area contributed by atoms with Gasteiger partial charge in [0.15, 0.2) is 0 Å². The van der Waals surface area contributed by atoms with Gasteiger partial charge < -0.3 is 4.90 Å². The van der Waals surface area contributed by atoms with Crippen LogP contribution in [-0.2, 0) is 4.79 Å². The van der Waals surface area contributed by atoms with Crippen LogP contribution >= 0.6 is 0 Å². The first kappa shape index (κ1) is 11.0. The molecule has 0 aliphatic carbocycles. The number of nitrogens with zero attached hydrogens (tertiary/aromatic N) is 1. The fraction of sp³-hybridized carbons (Fsp3) is 0.600. The Kier molecular flexibility index (Phi) is 5.14. The molecule has 0 N–H and O–H groups in total. The topological polar surface area (TPSA) is 20.3 Å². The van der Waals surface area contributed by atoms with E-state index in [-0.39, 0.29) is 0 Å². The Hall–Kier alpha value is -1.01. The first-order valence-electron chi connectivity index (χ1n) is 4.17. The number of hydrogen-bond acceptors (Lipinski definition) is 2. The molecule has 0 saturated carbocycles. The van der Waals surface area contributed by atoms with Gasteiger partial charge in [-0.05, 0) is 33.4 Å². The second kappa shape index (κ2) is 5.62. The van der Waals surface area contributed by atoms with Crippen LogP contribution in [0.3, 0.4) is 0 Å². The molecule has 2 nitrogen and oxygen atoms in total. The van der Waals surface area contributed by atoms with E-state index in [1.165, 1.54) is 0 Å². The molecule has 0 spiro atoms. The van der Waals surface area contributed by atoms with Crippen molar-refractivity contribution >= 4 is 5.94 Å². The summed E-state index contributed by atoms with van der Waals surface area (Å²) >= 11 is 0. The van der Waals surface area contributed by atoms with Gasteiger partial charge >= 0.3 is 0 Å². The molecule has 0 bridgehead atoms. The van der Waals surface area contributed by atoms with E-state index in [4.69, 9.17) is 0 Å². The van der Waals surface area contributed by atoms with Gasteiger partial charge in [-0.3, -0.25) is 0 Å². The molecule has 1 atom stereocenters. The van der Waals surface area contributed by atoms with E-state index in [0.717, 1.165) is 12.0 Å². The van der Waals surface area contributed by atoms with Crippen molar-refractivity contribution < 1.29 is 4.79 Å². The third-order valence-corrected chi connectivity index (χ3v) is 1.86. The predicted octanol–water partition coefficient (Wildman–Crippen LogP) is 2.01. The Morgan fingerprint density at radius 2 is 2.25 bits per heavy atom. The average Bonchev–Trinajstić information content (AvgIpc) is 2.04. The monoisotopic (exact) mass is 167 g/mol. The molecule has 0 saturated heterocycles. The van der Waals surface area contributed by atoms with Gasteiger partial charge in [-0.1, -0.05) is 6.08 Å². The van der Waals surface area contributed by atoms with Gasteiger partial charge in [-0.25, -0.2) is 4.79 Å². The first-order chi connectivity index (χ1) is 5.61. The van der Waals surface area contributed by atoms with Crippen LogP contribution in [0, 0.1) is 0 Å². The summed E-state index contributed by atoms with van der Waals surface area (Å²) in [5.74, 6) is 1.91. The Morgan fingerprint density at radius 3 is 2.67 bits per heavy atom. The maximum absolute atomic E-state index is 10.2. The standard InChI is InChI=1S/C10H17NO/c1-5-6-11(4)10(3)7-9(2)8-12/h5-6,10H,7H2,1-4H3. The molecular formula is C10H17NO. The lowest BCUT2D eigenvalue weighted by molar-refractivity contribution is 0.349. The molecule has 1 unspecified atom stereocenters. The zero-order valence-corrected chi connectivity index (χ0v) is 8.29. The van der Waals surface area contributed by atoms with Gasteiger partial charge in [0.25, 0.3) is 0 Å². The second-order valence-electron chi connectivity index (χ2n) is 3.08. The van der Waals surface area contributed by atoms with Crippen molar-refractivity contribution in [2.75, 3.05) is 7.05 Å². The third-order valence-electron chi connectivity index (χ3n) is 1.86. The summed E-state index contributed by atoms with van der Waals surface area (Å²) in [5, 5.41) is 0. The molecule has 2 heteroatoms. The smallest absolute Gasteiger partial charge is 0.123 e. The lowest BCUT2D eigenvalue weighted by Gasteiger charge is -2.22. The molecule has 0 fully saturated rings. The van der Waals surface area contributed by atoms with E-state index in [9.17, 15) is 4.79 Å². The molecule has 0 amide bonds. The summed E-state index contributed by atoms with van der Waals surface area (Å²) in [4.78, 5) is 12.3.